The molecule has 1 saturated heterocycles. The van der Waals surface area contributed by atoms with E-state index in [2.05, 4.69) is 5.10 Å². The molecule has 20 heavy (non-hydrogen) atoms. The molecule has 1 aromatic heterocycles. The Morgan fingerprint density at radius 3 is 2.40 bits per heavy atom. The van der Waals surface area contributed by atoms with Crippen molar-refractivity contribution in [1.29, 1.82) is 0 Å². The molecular weight excluding hydrogens is 254 g/mol. The molecule has 110 valence electrons. The van der Waals surface area contributed by atoms with Crippen LogP contribution in [0.4, 0.5) is 0 Å². The molecule has 1 amide bonds. The summed E-state index contributed by atoms with van der Waals surface area (Å²) in [5, 5.41) is 4.43. The standard InChI is InChI=1S/C15H23N3O2/c1-10(2)17-9-8-11(14(17)20)18-13(19)7-6-12(16-18)15(3,4)5/h6-7,10-11H,8-9H2,1-5H3. The minimum atomic E-state index is -0.452. The van der Waals surface area contributed by atoms with E-state index in [1.54, 1.807) is 6.07 Å². The first-order chi connectivity index (χ1) is 9.21. The number of nitrogens with zero attached hydrogens (tertiary/aromatic N) is 3. The van der Waals surface area contributed by atoms with Crippen molar-refractivity contribution in [2.45, 2.75) is 58.5 Å². The maximum absolute atomic E-state index is 12.4. The summed E-state index contributed by atoms with van der Waals surface area (Å²) in [5.41, 5.74) is 0.476. The largest absolute Gasteiger partial charge is 0.338 e. The molecule has 0 aromatic carbocycles. The normalized spacial score (nSPS) is 20.0. The molecule has 5 heteroatoms. The van der Waals surface area contributed by atoms with Gasteiger partial charge in [0.1, 0.15) is 6.04 Å². The van der Waals surface area contributed by atoms with Gasteiger partial charge in [-0.15, -0.1) is 0 Å². The van der Waals surface area contributed by atoms with Gasteiger partial charge in [-0.3, -0.25) is 9.59 Å². The molecular formula is C15H23N3O2. The minimum absolute atomic E-state index is 0.000610. The molecule has 2 heterocycles. The smallest absolute Gasteiger partial charge is 0.267 e. The summed E-state index contributed by atoms with van der Waals surface area (Å²) in [6, 6.07) is 2.97. The van der Waals surface area contributed by atoms with Gasteiger partial charge in [0.05, 0.1) is 5.69 Å². The second-order valence-electron chi connectivity index (χ2n) is 6.68. The number of aromatic nitrogens is 2. The van der Waals surface area contributed by atoms with E-state index in [0.29, 0.717) is 13.0 Å². The van der Waals surface area contributed by atoms with Gasteiger partial charge in [0, 0.05) is 24.1 Å². The summed E-state index contributed by atoms with van der Waals surface area (Å²) in [6.07, 6.45) is 0.650. The van der Waals surface area contributed by atoms with E-state index in [-0.39, 0.29) is 22.9 Å². The first-order valence-corrected chi connectivity index (χ1v) is 7.12. The van der Waals surface area contributed by atoms with E-state index in [0.717, 1.165) is 5.69 Å². The van der Waals surface area contributed by atoms with Crippen LogP contribution in [0.1, 0.15) is 52.8 Å². The summed E-state index contributed by atoms with van der Waals surface area (Å²) in [6.45, 7) is 10.8. The lowest BCUT2D eigenvalue weighted by atomic mass is 9.92. The van der Waals surface area contributed by atoms with Crippen LogP contribution in [-0.2, 0) is 10.2 Å². The molecule has 1 aliphatic rings. The number of carbonyl (C=O) groups excluding carboxylic acids is 1. The highest BCUT2D eigenvalue weighted by atomic mass is 16.2. The number of likely N-dealkylation sites (tertiary alicyclic amines) is 1. The molecule has 2 rings (SSSR count). The molecule has 0 spiro atoms. The van der Waals surface area contributed by atoms with Gasteiger partial charge in [0.15, 0.2) is 0 Å². The summed E-state index contributed by atoms with van der Waals surface area (Å²) >= 11 is 0. The maximum Gasteiger partial charge on any atom is 0.267 e. The number of rotatable bonds is 2. The van der Waals surface area contributed by atoms with Gasteiger partial charge >= 0.3 is 0 Å². The second kappa shape index (κ2) is 5.04. The second-order valence-corrected chi connectivity index (χ2v) is 6.68. The van der Waals surface area contributed by atoms with Crippen molar-refractivity contribution in [2.24, 2.45) is 0 Å². The fourth-order valence-electron chi connectivity index (χ4n) is 2.47. The van der Waals surface area contributed by atoms with Crippen LogP contribution in [0.2, 0.25) is 0 Å². The molecule has 0 saturated carbocycles. The molecule has 1 fully saturated rings. The third-order valence-electron chi connectivity index (χ3n) is 3.72. The van der Waals surface area contributed by atoms with Crippen LogP contribution in [0.25, 0.3) is 0 Å². The lowest BCUT2D eigenvalue weighted by Gasteiger charge is -2.22. The van der Waals surface area contributed by atoms with Crippen molar-refractivity contribution in [1.82, 2.24) is 14.7 Å². The van der Waals surface area contributed by atoms with Crippen molar-refractivity contribution in [2.75, 3.05) is 6.54 Å². The average Bonchev–Trinajstić information content (AvgIpc) is 2.70. The van der Waals surface area contributed by atoms with Crippen molar-refractivity contribution in [3.8, 4) is 0 Å². The molecule has 0 radical (unpaired) electrons. The lowest BCUT2D eigenvalue weighted by Crippen LogP contribution is -2.37. The Kier molecular flexibility index (Phi) is 3.71. The summed E-state index contributed by atoms with van der Waals surface area (Å²) in [7, 11) is 0. The van der Waals surface area contributed by atoms with Crippen LogP contribution in [-0.4, -0.2) is 33.2 Å². The number of carbonyl (C=O) groups is 1. The molecule has 1 aromatic rings. The van der Waals surface area contributed by atoms with Crippen LogP contribution in [0.5, 0.6) is 0 Å². The van der Waals surface area contributed by atoms with Crippen molar-refractivity contribution in [3.63, 3.8) is 0 Å². The van der Waals surface area contributed by atoms with Gasteiger partial charge in [-0.2, -0.15) is 5.10 Å². The molecule has 1 unspecified atom stereocenters. The number of amides is 1. The van der Waals surface area contributed by atoms with E-state index in [1.807, 2.05) is 39.5 Å². The van der Waals surface area contributed by atoms with Crippen LogP contribution < -0.4 is 5.56 Å². The van der Waals surface area contributed by atoms with E-state index < -0.39 is 6.04 Å². The van der Waals surface area contributed by atoms with Gasteiger partial charge in [-0.05, 0) is 26.3 Å². The Hall–Kier alpha value is -1.65. The Morgan fingerprint density at radius 2 is 1.90 bits per heavy atom. The van der Waals surface area contributed by atoms with Gasteiger partial charge < -0.3 is 4.90 Å². The Labute approximate surface area is 119 Å². The zero-order chi connectivity index (χ0) is 15.1. The zero-order valence-corrected chi connectivity index (χ0v) is 12.9. The fourth-order valence-corrected chi connectivity index (χ4v) is 2.47. The van der Waals surface area contributed by atoms with E-state index in [4.69, 9.17) is 0 Å². The minimum Gasteiger partial charge on any atom is -0.338 e. The Bertz CT molecular complexity index is 569. The average molecular weight is 277 g/mol. The predicted molar refractivity (Wildman–Crippen MR) is 77.7 cm³/mol. The predicted octanol–water partition coefficient (Wildman–Crippen LogP) is 1.72. The van der Waals surface area contributed by atoms with E-state index in [9.17, 15) is 9.59 Å². The summed E-state index contributed by atoms with van der Waals surface area (Å²) in [5.74, 6) is 0.000610. The number of hydrogen-bond acceptors (Lipinski definition) is 3. The Balaban J connectivity index is 2.39. The first kappa shape index (κ1) is 14.8. The molecule has 1 aliphatic heterocycles. The van der Waals surface area contributed by atoms with Crippen LogP contribution in [0, 0.1) is 0 Å². The van der Waals surface area contributed by atoms with Crippen molar-refractivity contribution < 1.29 is 4.79 Å². The SMILES string of the molecule is CC(C)N1CCC(n2nc(C(C)(C)C)ccc2=O)C1=O. The topological polar surface area (TPSA) is 55.2 Å². The monoisotopic (exact) mass is 277 g/mol. The van der Waals surface area contributed by atoms with Crippen LogP contribution in [0.3, 0.4) is 0 Å². The third kappa shape index (κ3) is 2.62. The third-order valence-corrected chi connectivity index (χ3v) is 3.72. The molecule has 0 N–H and O–H groups in total. The fraction of sp³-hybridized carbons (Fsp3) is 0.667. The van der Waals surface area contributed by atoms with E-state index >= 15 is 0 Å². The lowest BCUT2D eigenvalue weighted by molar-refractivity contribution is -0.132. The highest BCUT2D eigenvalue weighted by Gasteiger charge is 2.35. The van der Waals surface area contributed by atoms with Gasteiger partial charge in [-0.25, -0.2) is 4.68 Å². The van der Waals surface area contributed by atoms with Gasteiger partial charge in [-0.1, -0.05) is 20.8 Å². The molecule has 5 nitrogen and oxygen atoms in total. The van der Waals surface area contributed by atoms with Gasteiger partial charge in [0.25, 0.3) is 5.56 Å². The highest BCUT2D eigenvalue weighted by Crippen LogP contribution is 2.24. The van der Waals surface area contributed by atoms with Crippen LogP contribution in [0.15, 0.2) is 16.9 Å². The van der Waals surface area contributed by atoms with E-state index in [1.165, 1.54) is 10.7 Å². The van der Waals surface area contributed by atoms with Crippen LogP contribution >= 0.6 is 0 Å². The molecule has 0 bridgehead atoms. The summed E-state index contributed by atoms with van der Waals surface area (Å²) in [4.78, 5) is 26.2. The van der Waals surface area contributed by atoms with Gasteiger partial charge in [0.2, 0.25) is 5.91 Å². The zero-order valence-electron chi connectivity index (χ0n) is 12.9. The molecule has 0 aliphatic carbocycles. The quantitative estimate of drug-likeness (QED) is 0.827. The Morgan fingerprint density at radius 1 is 1.25 bits per heavy atom. The number of hydrogen-bond donors (Lipinski definition) is 0. The highest BCUT2D eigenvalue weighted by molar-refractivity contribution is 5.82. The van der Waals surface area contributed by atoms with Crippen molar-refractivity contribution >= 4 is 5.91 Å². The first-order valence-electron chi connectivity index (χ1n) is 7.12. The molecule has 1 atom stereocenters. The summed E-state index contributed by atoms with van der Waals surface area (Å²) < 4.78 is 1.37. The maximum atomic E-state index is 12.4. The van der Waals surface area contributed by atoms with Crippen molar-refractivity contribution in [3.05, 3.63) is 28.2 Å².